The number of nitrogens with one attached hydrogen (secondary N) is 1. The van der Waals surface area contributed by atoms with Crippen molar-refractivity contribution >= 4 is 17.4 Å². The summed E-state index contributed by atoms with van der Waals surface area (Å²) in [6, 6.07) is 1.65. The van der Waals surface area contributed by atoms with Gasteiger partial charge in [-0.05, 0) is 0 Å². The summed E-state index contributed by atoms with van der Waals surface area (Å²) in [7, 11) is 3.74. The molecule has 1 rings (SSSR count). The molecule has 11 heavy (non-hydrogen) atoms. The van der Waals surface area contributed by atoms with Crippen molar-refractivity contribution in [3.8, 4) is 0 Å². The predicted molar refractivity (Wildman–Crippen MR) is 44.4 cm³/mol. The fraction of sp³-hybridized carbons (Fsp3) is 0.333. The van der Waals surface area contributed by atoms with E-state index in [4.69, 9.17) is 11.6 Å². The van der Waals surface area contributed by atoms with Gasteiger partial charge in [-0.25, -0.2) is 15.0 Å². The van der Waals surface area contributed by atoms with Crippen molar-refractivity contribution in [2.45, 2.75) is 0 Å². The second kappa shape index (κ2) is 3.50. The predicted octanol–water partition coefficient (Wildman–Crippen LogP) is 1.02. The Morgan fingerprint density at radius 1 is 1.45 bits per heavy atom. The molecule has 1 aromatic rings. The van der Waals surface area contributed by atoms with E-state index in [1.807, 2.05) is 14.1 Å². The fourth-order valence-corrected chi connectivity index (χ4v) is 0.771. The van der Waals surface area contributed by atoms with E-state index in [-0.39, 0.29) is 0 Å². The Bertz CT molecular complexity index is 238. The van der Waals surface area contributed by atoms with Gasteiger partial charge in [0, 0.05) is 20.2 Å². The molecule has 60 valence electrons. The average Bonchev–Trinajstić information content (AvgIpc) is 1.85. The van der Waals surface area contributed by atoms with Crippen LogP contribution in [0.25, 0.3) is 0 Å². The Labute approximate surface area is 70.2 Å². The van der Waals surface area contributed by atoms with Crippen LogP contribution in [0.1, 0.15) is 0 Å². The summed E-state index contributed by atoms with van der Waals surface area (Å²) < 4.78 is 0. The zero-order chi connectivity index (χ0) is 8.27. The number of halogens is 1. The molecule has 0 unspecified atom stereocenters. The highest BCUT2D eigenvalue weighted by atomic mass is 35.5. The smallest absolute Gasteiger partial charge is 0.145 e. The van der Waals surface area contributed by atoms with E-state index >= 15 is 0 Å². The summed E-state index contributed by atoms with van der Waals surface area (Å²) >= 11 is 5.62. The lowest BCUT2D eigenvalue weighted by atomic mass is 10.6. The molecule has 0 saturated carbocycles. The quantitative estimate of drug-likeness (QED) is 0.534. The lowest BCUT2D eigenvalue weighted by Gasteiger charge is -2.11. The highest BCUT2D eigenvalue weighted by Crippen LogP contribution is 2.07. The first kappa shape index (κ1) is 8.23. The number of hydrazine groups is 1. The molecule has 0 atom stereocenters. The summed E-state index contributed by atoms with van der Waals surface area (Å²) in [5.41, 5.74) is 2.94. The average molecular weight is 173 g/mol. The SMILES string of the molecule is CN(C)Nc1cc(Cl)ncn1. The summed E-state index contributed by atoms with van der Waals surface area (Å²) in [6.07, 6.45) is 1.41. The maximum Gasteiger partial charge on any atom is 0.145 e. The molecular formula is C6H9ClN4. The van der Waals surface area contributed by atoms with Crippen LogP contribution in [0.3, 0.4) is 0 Å². The van der Waals surface area contributed by atoms with Crippen molar-refractivity contribution in [3.05, 3.63) is 17.5 Å². The molecular weight excluding hydrogens is 164 g/mol. The van der Waals surface area contributed by atoms with Gasteiger partial charge in [-0.1, -0.05) is 11.6 Å². The Morgan fingerprint density at radius 2 is 2.18 bits per heavy atom. The molecule has 0 bridgehead atoms. The van der Waals surface area contributed by atoms with Crippen molar-refractivity contribution in [2.24, 2.45) is 0 Å². The summed E-state index contributed by atoms with van der Waals surface area (Å²) in [6.45, 7) is 0. The van der Waals surface area contributed by atoms with Crippen LogP contribution in [0, 0.1) is 0 Å². The maximum absolute atomic E-state index is 5.62. The normalized spacial score (nSPS) is 10.2. The largest absolute Gasteiger partial charge is 0.303 e. The van der Waals surface area contributed by atoms with Crippen LogP contribution < -0.4 is 5.43 Å². The van der Waals surface area contributed by atoms with Crippen molar-refractivity contribution in [1.82, 2.24) is 15.0 Å². The van der Waals surface area contributed by atoms with E-state index in [0.29, 0.717) is 11.0 Å². The molecule has 0 spiro atoms. The third kappa shape index (κ3) is 2.69. The van der Waals surface area contributed by atoms with Crippen molar-refractivity contribution in [2.75, 3.05) is 19.5 Å². The zero-order valence-corrected chi connectivity index (χ0v) is 7.13. The van der Waals surface area contributed by atoms with Gasteiger partial charge >= 0.3 is 0 Å². The third-order valence-electron chi connectivity index (χ3n) is 0.972. The molecule has 0 radical (unpaired) electrons. The Kier molecular flexibility index (Phi) is 2.62. The Morgan fingerprint density at radius 3 is 2.73 bits per heavy atom. The molecule has 1 heterocycles. The minimum atomic E-state index is 0.435. The van der Waals surface area contributed by atoms with E-state index in [1.165, 1.54) is 6.33 Å². The number of hydrogen-bond donors (Lipinski definition) is 1. The van der Waals surface area contributed by atoms with Gasteiger partial charge in [-0.2, -0.15) is 0 Å². The van der Waals surface area contributed by atoms with Gasteiger partial charge in [-0.15, -0.1) is 0 Å². The van der Waals surface area contributed by atoms with E-state index in [1.54, 1.807) is 11.1 Å². The Balaban J connectivity index is 2.71. The van der Waals surface area contributed by atoms with E-state index in [2.05, 4.69) is 15.4 Å². The van der Waals surface area contributed by atoms with Gasteiger partial charge in [0.15, 0.2) is 0 Å². The first-order valence-corrected chi connectivity index (χ1v) is 3.48. The maximum atomic E-state index is 5.62. The van der Waals surface area contributed by atoms with E-state index < -0.39 is 0 Å². The number of rotatable bonds is 2. The van der Waals surface area contributed by atoms with Crippen LogP contribution in [-0.2, 0) is 0 Å². The van der Waals surface area contributed by atoms with E-state index in [0.717, 1.165) is 0 Å². The topological polar surface area (TPSA) is 41.0 Å². The van der Waals surface area contributed by atoms with Crippen LogP contribution in [0.15, 0.2) is 12.4 Å². The number of aromatic nitrogens is 2. The molecule has 1 aromatic heterocycles. The van der Waals surface area contributed by atoms with Crippen LogP contribution >= 0.6 is 11.6 Å². The van der Waals surface area contributed by atoms with Gasteiger partial charge in [0.25, 0.3) is 0 Å². The van der Waals surface area contributed by atoms with Crippen LogP contribution in [0.5, 0.6) is 0 Å². The molecule has 0 aliphatic heterocycles. The lowest BCUT2D eigenvalue weighted by Crippen LogP contribution is -2.20. The zero-order valence-electron chi connectivity index (χ0n) is 6.37. The summed E-state index contributed by atoms with van der Waals surface area (Å²) in [5, 5.41) is 2.21. The van der Waals surface area contributed by atoms with E-state index in [9.17, 15) is 0 Å². The minimum absolute atomic E-state index is 0.435. The second-order valence-corrected chi connectivity index (χ2v) is 2.62. The van der Waals surface area contributed by atoms with Crippen LogP contribution in [-0.4, -0.2) is 29.1 Å². The highest BCUT2D eigenvalue weighted by Gasteiger charge is 1.94. The first-order chi connectivity index (χ1) is 5.18. The first-order valence-electron chi connectivity index (χ1n) is 3.10. The van der Waals surface area contributed by atoms with Gasteiger partial charge in [-0.3, -0.25) is 0 Å². The van der Waals surface area contributed by atoms with Gasteiger partial charge in [0.2, 0.25) is 0 Å². The molecule has 4 nitrogen and oxygen atoms in total. The summed E-state index contributed by atoms with van der Waals surface area (Å²) in [4.78, 5) is 7.67. The minimum Gasteiger partial charge on any atom is -0.303 e. The molecule has 1 N–H and O–H groups in total. The lowest BCUT2D eigenvalue weighted by molar-refractivity contribution is 0.492. The van der Waals surface area contributed by atoms with Gasteiger partial charge < -0.3 is 5.43 Å². The van der Waals surface area contributed by atoms with Gasteiger partial charge in [0.1, 0.15) is 17.3 Å². The standard InChI is InChI=1S/C6H9ClN4/c1-11(2)10-6-3-5(7)8-4-9-6/h3-4H,1-2H3,(H,8,9,10). The van der Waals surface area contributed by atoms with Crippen molar-refractivity contribution < 1.29 is 0 Å². The Hall–Kier alpha value is -0.870. The molecule has 0 fully saturated rings. The molecule has 0 aliphatic rings. The third-order valence-corrected chi connectivity index (χ3v) is 1.18. The molecule has 0 aromatic carbocycles. The highest BCUT2D eigenvalue weighted by molar-refractivity contribution is 6.29. The second-order valence-electron chi connectivity index (χ2n) is 2.23. The monoisotopic (exact) mass is 172 g/mol. The van der Waals surface area contributed by atoms with Crippen molar-refractivity contribution in [1.29, 1.82) is 0 Å². The fourth-order valence-electron chi connectivity index (χ4n) is 0.624. The summed E-state index contributed by atoms with van der Waals surface area (Å²) in [5.74, 6) is 0.690. The number of nitrogens with zero attached hydrogens (tertiary/aromatic N) is 3. The molecule has 0 aliphatic carbocycles. The molecule has 0 saturated heterocycles. The molecule has 0 amide bonds. The van der Waals surface area contributed by atoms with Crippen LogP contribution in [0.4, 0.5) is 5.82 Å². The number of anilines is 1. The van der Waals surface area contributed by atoms with Crippen LogP contribution in [0.2, 0.25) is 5.15 Å². The van der Waals surface area contributed by atoms with Gasteiger partial charge in [0.05, 0.1) is 0 Å². The molecule has 5 heteroatoms. The van der Waals surface area contributed by atoms with Crippen molar-refractivity contribution in [3.63, 3.8) is 0 Å². The number of hydrogen-bond acceptors (Lipinski definition) is 4.